The Morgan fingerprint density at radius 2 is 1.38 bits per heavy atom. The van der Waals surface area contributed by atoms with Crippen molar-refractivity contribution >= 4 is 11.9 Å². The third kappa shape index (κ3) is 18.0. The van der Waals surface area contributed by atoms with Crippen LogP contribution in [0.5, 0.6) is 0 Å². The fraction of sp³-hybridized carbons (Fsp3) is 0.429. The highest BCUT2D eigenvalue weighted by Crippen LogP contribution is 1.86. The third-order valence-electron chi connectivity index (χ3n) is 0.656. The van der Waals surface area contributed by atoms with Gasteiger partial charge in [0, 0.05) is 0 Å². The first-order valence-corrected chi connectivity index (χ1v) is 3.56. The molecule has 0 bridgehead atoms. The van der Waals surface area contributed by atoms with E-state index in [-0.39, 0.29) is 5.57 Å². The Bertz CT molecular complexity index is 177. The Balaban J connectivity index is -0.000000218. The molecule has 0 heterocycles. The normalized spacial score (nSPS) is 8.54. The molecule has 13 heavy (non-hydrogen) atoms. The molecule has 0 atom stereocenters. The zero-order valence-electron chi connectivity index (χ0n) is 8.12. The molecule has 0 aromatic rings. The predicted octanol–water partition coefficient (Wildman–Crippen LogP) is -4.85. The van der Waals surface area contributed by atoms with Crippen molar-refractivity contribution in [1.29, 1.82) is 0 Å². The van der Waals surface area contributed by atoms with E-state index in [2.05, 4.69) is 11.5 Å². The van der Waals surface area contributed by atoms with E-state index < -0.39 is 11.9 Å². The van der Waals surface area contributed by atoms with E-state index in [9.17, 15) is 19.8 Å². The van der Waals surface area contributed by atoms with Crippen LogP contribution in [0.1, 0.15) is 6.92 Å². The van der Waals surface area contributed by atoms with E-state index in [0.717, 1.165) is 6.92 Å². The van der Waals surface area contributed by atoms with Crippen LogP contribution in [0.3, 0.4) is 0 Å². The van der Waals surface area contributed by atoms with E-state index in [0.29, 0.717) is 6.08 Å². The molecule has 0 fully saturated rings. The van der Waals surface area contributed by atoms with E-state index in [1.165, 1.54) is 0 Å². The summed E-state index contributed by atoms with van der Waals surface area (Å²) < 4.78 is 0. The lowest BCUT2D eigenvalue weighted by atomic mass is 10.3. The van der Waals surface area contributed by atoms with Crippen molar-refractivity contribution in [3.05, 3.63) is 11.6 Å². The quantitative estimate of drug-likeness (QED) is 0.424. The fourth-order valence-electron chi connectivity index (χ4n) is 0.236. The van der Waals surface area contributed by atoms with Gasteiger partial charge in [0.25, 0.3) is 0 Å². The summed E-state index contributed by atoms with van der Waals surface area (Å²) in [5.74, 6) is -3.03. The van der Waals surface area contributed by atoms with Crippen molar-refractivity contribution in [1.82, 2.24) is 0 Å². The van der Waals surface area contributed by atoms with Crippen molar-refractivity contribution in [2.45, 2.75) is 6.92 Å². The number of quaternary nitrogens is 2. The molecule has 0 rings (SSSR count). The molecule has 6 nitrogen and oxygen atoms in total. The standard InChI is InChI=1S/C5H6O4.2CH5N/c1-3(5(8)9)2-4(6)7;2*1-2/h2H,1H3,(H,6,7)(H,8,9);2*2H2,1H3/b3-2-;;. The molecule has 0 aromatic carbocycles. The highest BCUT2D eigenvalue weighted by Gasteiger charge is 1.86. The zero-order chi connectivity index (χ0) is 11.4. The summed E-state index contributed by atoms with van der Waals surface area (Å²) in [5, 5.41) is 19.4. The third-order valence-corrected chi connectivity index (χ3v) is 0.656. The van der Waals surface area contributed by atoms with Gasteiger partial charge < -0.3 is 31.3 Å². The summed E-state index contributed by atoms with van der Waals surface area (Å²) >= 11 is 0. The van der Waals surface area contributed by atoms with E-state index in [1.54, 1.807) is 14.1 Å². The van der Waals surface area contributed by atoms with Crippen molar-refractivity contribution in [2.24, 2.45) is 0 Å². The fourth-order valence-corrected chi connectivity index (χ4v) is 0.236. The van der Waals surface area contributed by atoms with E-state index >= 15 is 0 Å². The van der Waals surface area contributed by atoms with Crippen LogP contribution >= 0.6 is 0 Å². The summed E-state index contributed by atoms with van der Waals surface area (Å²) in [6.07, 6.45) is 0.468. The molecule has 78 valence electrons. The summed E-state index contributed by atoms with van der Waals surface area (Å²) in [7, 11) is 3.50. The molecule has 0 radical (unpaired) electrons. The van der Waals surface area contributed by atoms with Crippen LogP contribution in [0.25, 0.3) is 0 Å². The maximum Gasteiger partial charge on any atom is 0.0672 e. The number of hydrogen-bond acceptors (Lipinski definition) is 4. The smallest absolute Gasteiger partial charge is 0.0672 e. The van der Waals surface area contributed by atoms with Crippen molar-refractivity contribution in [3.63, 3.8) is 0 Å². The SMILES string of the molecule is C/C(=C/C(=O)[O-])C(=O)[O-].C[NH3+].C[NH3+]. The lowest BCUT2D eigenvalue weighted by molar-refractivity contribution is -0.325. The molecule has 0 aliphatic carbocycles. The highest BCUT2D eigenvalue weighted by atomic mass is 16.4. The number of aliphatic carboxylic acids is 2. The predicted molar refractivity (Wildman–Crippen MR) is 41.4 cm³/mol. The molecule has 0 unspecified atom stereocenters. The molecule has 0 spiro atoms. The van der Waals surface area contributed by atoms with Crippen LogP contribution in [0.4, 0.5) is 0 Å². The second kappa shape index (κ2) is 13.2. The molecule has 6 N–H and O–H groups in total. The maximum atomic E-state index is 9.76. The average Bonchev–Trinajstić information content (AvgIpc) is 2.10. The van der Waals surface area contributed by atoms with Crippen LogP contribution in [0.15, 0.2) is 11.6 Å². The van der Waals surface area contributed by atoms with Gasteiger partial charge >= 0.3 is 0 Å². The Hall–Kier alpha value is -1.40. The molecule has 0 aliphatic heterocycles. The van der Waals surface area contributed by atoms with Gasteiger partial charge in [-0.05, 0) is 18.6 Å². The number of carbonyl (C=O) groups excluding carboxylic acids is 2. The minimum absolute atomic E-state index is 0.352. The van der Waals surface area contributed by atoms with Crippen molar-refractivity contribution in [2.75, 3.05) is 14.1 Å². The van der Waals surface area contributed by atoms with Gasteiger partial charge in [-0.15, -0.1) is 0 Å². The number of carboxylic acids is 2. The summed E-state index contributed by atoms with van der Waals surface area (Å²) in [4.78, 5) is 19.4. The highest BCUT2D eigenvalue weighted by molar-refractivity contribution is 5.92. The number of carboxylic acid groups (broad SMARTS) is 2. The van der Waals surface area contributed by atoms with Crippen molar-refractivity contribution < 1.29 is 31.3 Å². The summed E-state index contributed by atoms with van der Waals surface area (Å²) in [6, 6.07) is 0. The van der Waals surface area contributed by atoms with Gasteiger partial charge in [0.05, 0.1) is 26.0 Å². The zero-order valence-corrected chi connectivity index (χ0v) is 8.12. The van der Waals surface area contributed by atoms with Crippen LogP contribution in [0.2, 0.25) is 0 Å². The topological polar surface area (TPSA) is 136 Å². The molecular weight excluding hydrogens is 176 g/mol. The van der Waals surface area contributed by atoms with Gasteiger partial charge in [-0.1, -0.05) is 0 Å². The number of rotatable bonds is 2. The Kier molecular flexibility index (Phi) is 17.9. The van der Waals surface area contributed by atoms with Gasteiger partial charge in [0.2, 0.25) is 0 Å². The van der Waals surface area contributed by atoms with Gasteiger partial charge in [-0.2, -0.15) is 0 Å². The molecule has 0 aliphatic rings. The molecular formula is C7H16N2O4. The van der Waals surface area contributed by atoms with Gasteiger partial charge in [-0.25, -0.2) is 0 Å². The first-order chi connectivity index (χ1) is 6.04. The van der Waals surface area contributed by atoms with Crippen LogP contribution in [-0.2, 0) is 9.59 Å². The Morgan fingerprint density at radius 1 is 1.08 bits per heavy atom. The minimum atomic E-state index is -1.53. The second-order valence-electron chi connectivity index (χ2n) is 1.43. The average molecular weight is 192 g/mol. The molecule has 6 heteroatoms. The summed E-state index contributed by atoms with van der Waals surface area (Å²) in [6.45, 7) is 1.12. The molecule has 0 amide bonds. The minimum Gasteiger partial charge on any atom is -0.545 e. The Morgan fingerprint density at radius 3 is 1.46 bits per heavy atom. The van der Waals surface area contributed by atoms with Crippen molar-refractivity contribution in [3.8, 4) is 0 Å². The summed E-state index contributed by atoms with van der Waals surface area (Å²) in [5.41, 5.74) is 6.15. The van der Waals surface area contributed by atoms with Gasteiger partial charge in [-0.3, -0.25) is 0 Å². The maximum absolute atomic E-state index is 9.76. The van der Waals surface area contributed by atoms with Gasteiger partial charge in [0.15, 0.2) is 0 Å². The first-order valence-electron chi connectivity index (χ1n) is 3.56. The van der Waals surface area contributed by atoms with E-state index in [4.69, 9.17) is 0 Å². The van der Waals surface area contributed by atoms with Crippen LogP contribution in [0, 0.1) is 0 Å². The largest absolute Gasteiger partial charge is 0.545 e. The molecule has 0 saturated heterocycles. The second-order valence-corrected chi connectivity index (χ2v) is 1.43. The molecule has 0 saturated carbocycles. The van der Waals surface area contributed by atoms with Crippen LogP contribution in [-0.4, -0.2) is 26.0 Å². The number of carbonyl (C=O) groups is 2. The Labute approximate surface area is 76.8 Å². The van der Waals surface area contributed by atoms with Crippen LogP contribution < -0.4 is 21.7 Å². The first kappa shape index (κ1) is 17.6. The lowest BCUT2D eigenvalue weighted by Gasteiger charge is -2.00. The van der Waals surface area contributed by atoms with Gasteiger partial charge in [0.1, 0.15) is 0 Å². The van der Waals surface area contributed by atoms with E-state index in [1.807, 2.05) is 0 Å². The number of hydrogen-bond donors (Lipinski definition) is 2. The lowest BCUT2D eigenvalue weighted by Crippen LogP contribution is -2.40. The monoisotopic (exact) mass is 192 g/mol. The molecule has 0 aromatic heterocycles.